The van der Waals surface area contributed by atoms with E-state index < -0.39 is 0 Å². The molecule has 0 saturated carbocycles. The van der Waals surface area contributed by atoms with E-state index in [1.807, 2.05) is 20.9 Å². The number of rotatable bonds is 0. The minimum atomic E-state index is 1.01. The zero-order valence-corrected chi connectivity index (χ0v) is 5.34. The molecule has 1 heterocycles. The minimum absolute atomic E-state index is 1.01. The fraction of sp³-hybridized carbons (Fsp3) is 0.600. The van der Waals surface area contributed by atoms with Crippen molar-refractivity contribution in [2.24, 2.45) is 7.05 Å². The van der Waals surface area contributed by atoms with E-state index in [-0.39, 0.29) is 0 Å². The van der Waals surface area contributed by atoms with Crippen molar-refractivity contribution < 1.29 is 0 Å². The number of aromatic nitrogens is 3. The number of aryl methyl sites for hydroxylation is 2. The summed E-state index contributed by atoms with van der Waals surface area (Å²) in [6.45, 7) is 3.94. The van der Waals surface area contributed by atoms with Crippen molar-refractivity contribution in [1.29, 1.82) is 0 Å². The van der Waals surface area contributed by atoms with Gasteiger partial charge in [-0.15, -0.1) is 5.10 Å². The summed E-state index contributed by atoms with van der Waals surface area (Å²) in [7, 11) is 1.88. The van der Waals surface area contributed by atoms with Crippen molar-refractivity contribution in [3.63, 3.8) is 0 Å². The second-order valence-corrected chi connectivity index (χ2v) is 1.88. The van der Waals surface area contributed by atoms with Crippen LogP contribution in [0.15, 0.2) is 0 Å². The first-order valence-electron chi connectivity index (χ1n) is 2.54. The van der Waals surface area contributed by atoms with Gasteiger partial charge in [0, 0.05) is 7.05 Å². The normalized spacial score (nSPS) is 9.88. The molecule has 1 rings (SSSR count). The Balaban J connectivity index is 3.19. The van der Waals surface area contributed by atoms with Crippen molar-refractivity contribution >= 4 is 0 Å². The minimum Gasteiger partial charge on any atom is -0.252 e. The molecule has 3 nitrogen and oxygen atoms in total. The van der Waals surface area contributed by atoms with Crippen molar-refractivity contribution in [2.75, 3.05) is 0 Å². The Bertz CT molecular complexity index is 170. The molecule has 0 N–H and O–H groups in total. The Morgan fingerprint density at radius 3 is 2.12 bits per heavy atom. The molecule has 1 aromatic rings. The second-order valence-electron chi connectivity index (χ2n) is 1.88. The number of nitrogens with zero attached hydrogens (tertiary/aromatic N) is 3. The maximum Gasteiger partial charge on any atom is 0.0825 e. The first-order chi connectivity index (χ1) is 3.72. The number of hydrogen-bond acceptors (Lipinski definition) is 2. The first-order valence-corrected chi connectivity index (χ1v) is 2.54. The summed E-state index contributed by atoms with van der Waals surface area (Å²) in [5, 5.41) is 7.61. The van der Waals surface area contributed by atoms with Gasteiger partial charge in [0.1, 0.15) is 0 Å². The van der Waals surface area contributed by atoms with Crippen molar-refractivity contribution in [3.05, 3.63) is 11.4 Å². The van der Waals surface area contributed by atoms with Crippen LogP contribution in [0.5, 0.6) is 0 Å². The van der Waals surface area contributed by atoms with Gasteiger partial charge in [-0.3, -0.25) is 4.68 Å². The highest BCUT2D eigenvalue weighted by Crippen LogP contribution is 1.96. The average Bonchev–Trinajstić information content (AvgIpc) is 1.98. The summed E-state index contributed by atoms with van der Waals surface area (Å²) in [6.07, 6.45) is 0. The molecule has 0 aliphatic rings. The van der Waals surface area contributed by atoms with Gasteiger partial charge in [0.05, 0.1) is 11.4 Å². The molecular formula is C5H9N3. The summed E-state index contributed by atoms with van der Waals surface area (Å²) < 4.78 is 1.76. The van der Waals surface area contributed by atoms with E-state index in [9.17, 15) is 0 Å². The molecule has 0 amide bonds. The molecule has 0 fully saturated rings. The van der Waals surface area contributed by atoms with E-state index in [1.54, 1.807) is 4.68 Å². The fourth-order valence-electron chi connectivity index (χ4n) is 0.508. The van der Waals surface area contributed by atoms with Crippen molar-refractivity contribution in [1.82, 2.24) is 15.0 Å². The highest BCUT2D eigenvalue weighted by atomic mass is 15.4. The Hall–Kier alpha value is -0.860. The molecule has 3 heteroatoms. The van der Waals surface area contributed by atoms with E-state index in [0.717, 1.165) is 11.4 Å². The van der Waals surface area contributed by atoms with Gasteiger partial charge >= 0.3 is 0 Å². The molecule has 0 aliphatic heterocycles. The lowest BCUT2D eigenvalue weighted by atomic mass is 10.4. The fourth-order valence-corrected chi connectivity index (χ4v) is 0.508. The largest absolute Gasteiger partial charge is 0.252 e. The smallest absolute Gasteiger partial charge is 0.0825 e. The quantitative estimate of drug-likeness (QED) is 0.486. The summed E-state index contributed by atoms with van der Waals surface area (Å²) in [5.41, 5.74) is 2.14. The Morgan fingerprint density at radius 1 is 1.38 bits per heavy atom. The van der Waals surface area contributed by atoms with Gasteiger partial charge in [-0.05, 0) is 13.8 Å². The van der Waals surface area contributed by atoms with Gasteiger partial charge in [0.15, 0.2) is 0 Å². The van der Waals surface area contributed by atoms with Gasteiger partial charge in [0.2, 0.25) is 0 Å². The molecule has 0 radical (unpaired) electrons. The van der Waals surface area contributed by atoms with Gasteiger partial charge in [-0.25, -0.2) is 0 Å². The molecule has 0 unspecified atom stereocenters. The Labute approximate surface area is 48.3 Å². The van der Waals surface area contributed by atoms with Crippen LogP contribution in [0.3, 0.4) is 0 Å². The SMILES string of the molecule is Cc1nnn(C)c1C. The summed E-state index contributed by atoms with van der Waals surface area (Å²) in [6, 6.07) is 0. The molecule has 8 heavy (non-hydrogen) atoms. The highest BCUT2D eigenvalue weighted by molar-refractivity contribution is 5.03. The molecule has 0 aromatic carbocycles. The standard InChI is InChI=1S/C5H9N3/c1-4-5(2)8(3)7-6-4/h1-3H3. The van der Waals surface area contributed by atoms with Crippen LogP contribution in [0.25, 0.3) is 0 Å². The number of hydrogen-bond donors (Lipinski definition) is 0. The maximum absolute atomic E-state index is 3.83. The van der Waals surface area contributed by atoms with Crippen LogP contribution in [0.1, 0.15) is 11.4 Å². The van der Waals surface area contributed by atoms with Gasteiger partial charge in [-0.1, -0.05) is 5.21 Å². The lowest BCUT2D eigenvalue weighted by molar-refractivity contribution is 0.696. The van der Waals surface area contributed by atoms with Crippen molar-refractivity contribution in [3.8, 4) is 0 Å². The maximum atomic E-state index is 3.83. The summed E-state index contributed by atoms with van der Waals surface area (Å²) in [5.74, 6) is 0. The van der Waals surface area contributed by atoms with Crippen LogP contribution in [-0.2, 0) is 7.05 Å². The molecule has 0 spiro atoms. The van der Waals surface area contributed by atoms with Crippen LogP contribution in [-0.4, -0.2) is 15.0 Å². The van der Waals surface area contributed by atoms with Crippen LogP contribution in [0.2, 0.25) is 0 Å². The topological polar surface area (TPSA) is 30.7 Å². The van der Waals surface area contributed by atoms with Gasteiger partial charge < -0.3 is 0 Å². The predicted octanol–water partition coefficient (Wildman–Crippen LogP) is 0.432. The van der Waals surface area contributed by atoms with Gasteiger partial charge in [-0.2, -0.15) is 0 Å². The first kappa shape index (κ1) is 5.28. The zero-order chi connectivity index (χ0) is 6.15. The molecule has 0 aliphatic carbocycles. The predicted molar refractivity (Wildman–Crippen MR) is 30.5 cm³/mol. The van der Waals surface area contributed by atoms with E-state index in [0.29, 0.717) is 0 Å². The Kier molecular flexibility index (Phi) is 1.04. The summed E-state index contributed by atoms with van der Waals surface area (Å²) >= 11 is 0. The van der Waals surface area contributed by atoms with E-state index in [4.69, 9.17) is 0 Å². The monoisotopic (exact) mass is 111 g/mol. The third-order valence-electron chi connectivity index (χ3n) is 1.34. The second kappa shape index (κ2) is 1.58. The van der Waals surface area contributed by atoms with E-state index >= 15 is 0 Å². The molecule has 0 bridgehead atoms. The lowest BCUT2D eigenvalue weighted by Crippen LogP contribution is -1.92. The summed E-state index contributed by atoms with van der Waals surface area (Å²) in [4.78, 5) is 0. The molecule has 1 aromatic heterocycles. The van der Waals surface area contributed by atoms with Gasteiger partial charge in [0.25, 0.3) is 0 Å². The van der Waals surface area contributed by atoms with Crippen LogP contribution in [0.4, 0.5) is 0 Å². The molecule has 0 atom stereocenters. The van der Waals surface area contributed by atoms with Crippen molar-refractivity contribution in [2.45, 2.75) is 13.8 Å². The molecule has 44 valence electrons. The average molecular weight is 111 g/mol. The van der Waals surface area contributed by atoms with Crippen LogP contribution < -0.4 is 0 Å². The lowest BCUT2D eigenvalue weighted by Gasteiger charge is -1.87. The highest BCUT2D eigenvalue weighted by Gasteiger charge is 1.95. The van der Waals surface area contributed by atoms with E-state index in [2.05, 4.69) is 10.3 Å². The van der Waals surface area contributed by atoms with Crippen LogP contribution in [0, 0.1) is 13.8 Å². The Morgan fingerprint density at radius 2 is 2.00 bits per heavy atom. The molecular weight excluding hydrogens is 102 g/mol. The third-order valence-corrected chi connectivity index (χ3v) is 1.34. The molecule has 0 saturated heterocycles. The van der Waals surface area contributed by atoms with E-state index in [1.165, 1.54) is 0 Å². The van der Waals surface area contributed by atoms with Crippen LogP contribution >= 0.6 is 0 Å². The third kappa shape index (κ3) is 0.598. The zero-order valence-electron chi connectivity index (χ0n) is 5.34.